The smallest absolute Gasteiger partial charge is 0.241 e. The molecule has 124 valence electrons. The Morgan fingerprint density at radius 2 is 1.88 bits per heavy atom. The van der Waals surface area contributed by atoms with E-state index in [0.29, 0.717) is 23.9 Å². The Morgan fingerprint density at radius 1 is 1.12 bits per heavy atom. The van der Waals surface area contributed by atoms with Gasteiger partial charge in [-0.15, -0.1) is 0 Å². The second kappa shape index (κ2) is 4.89. The predicted octanol–water partition coefficient (Wildman–Crippen LogP) is 1.53. The third-order valence-corrected chi connectivity index (χ3v) is 5.48. The highest BCUT2D eigenvalue weighted by Gasteiger charge is 2.71. The van der Waals surface area contributed by atoms with E-state index in [-0.39, 0.29) is 11.8 Å². The van der Waals surface area contributed by atoms with Gasteiger partial charge in [-0.25, -0.2) is 4.90 Å². The quantitative estimate of drug-likeness (QED) is 0.599. The number of imide groups is 1. The van der Waals surface area contributed by atoms with Gasteiger partial charge in [-0.2, -0.15) is 0 Å². The lowest BCUT2D eigenvalue weighted by Gasteiger charge is -2.32. The van der Waals surface area contributed by atoms with Gasteiger partial charge in [0.1, 0.15) is 0 Å². The normalized spacial score (nSPS) is 37.7. The zero-order valence-corrected chi connectivity index (χ0v) is 13.3. The molecule has 4 heterocycles. The molecular formula is C17H14ClNO5. The number of halogens is 1. The summed E-state index contributed by atoms with van der Waals surface area (Å²) in [6.07, 6.45) is 2.53. The number of carbonyl (C=O) groups is 2. The second-order valence-electron chi connectivity index (χ2n) is 6.34. The van der Waals surface area contributed by atoms with E-state index in [1.54, 1.807) is 24.3 Å². The van der Waals surface area contributed by atoms with E-state index in [9.17, 15) is 9.59 Å². The van der Waals surface area contributed by atoms with Crippen molar-refractivity contribution in [3.8, 4) is 0 Å². The molecule has 4 aliphatic heterocycles. The molecule has 2 amide bonds. The second-order valence-corrected chi connectivity index (χ2v) is 6.74. The van der Waals surface area contributed by atoms with Crippen LogP contribution >= 0.6 is 11.6 Å². The minimum Gasteiger partial charge on any atom is -0.357 e. The summed E-state index contributed by atoms with van der Waals surface area (Å²) in [5.74, 6) is -1.82. The monoisotopic (exact) mass is 347 g/mol. The highest BCUT2D eigenvalue weighted by molar-refractivity contribution is 6.36. The minimum atomic E-state index is -1.03. The Morgan fingerprint density at radius 3 is 2.62 bits per heavy atom. The number of rotatable bonds is 2. The topological polar surface area (TPSA) is 65.1 Å². The van der Waals surface area contributed by atoms with Gasteiger partial charge in [-0.3, -0.25) is 9.59 Å². The number of carbonyl (C=O) groups excluding carboxylic acids is 2. The van der Waals surface area contributed by atoms with E-state index < -0.39 is 29.8 Å². The van der Waals surface area contributed by atoms with Gasteiger partial charge in [-0.1, -0.05) is 29.8 Å². The molecule has 0 aromatic heterocycles. The summed E-state index contributed by atoms with van der Waals surface area (Å²) in [5.41, 5.74) is -0.624. The molecule has 0 N–H and O–H groups in total. The zero-order chi connectivity index (χ0) is 16.5. The molecule has 1 aromatic rings. The third-order valence-electron chi connectivity index (χ3n) is 5.16. The van der Waals surface area contributed by atoms with E-state index in [2.05, 4.69) is 0 Å². The van der Waals surface area contributed by atoms with Gasteiger partial charge in [-0.05, 0) is 18.2 Å². The van der Waals surface area contributed by atoms with Crippen molar-refractivity contribution < 1.29 is 23.8 Å². The summed E-state index contributed by atoms with van der Waals surface area (Å²) >= 11 is 6.20. The zero-order valence-electron chi connectivity index (χ0n) is 12.6. The van der Waals surface area contributed by atoms with Crippen molar-refractivity contribution in [2.24, 2.45) is 11.8 Å². The minimum absolute atomic E-state index is 0.285. The third kappa shape index (κ3) is 1.66. The molecule has 3 fully saturated rings. The van der Waals surface area contributed by atoms with E-state index in [4.69, 9.17) is 25.8 Å². The number of benzene rings is 1. The van der Waals surface area contributed by atoms with Gasteiger partial charge in [0.2, 0.25) is 11.8 Å². The van der Waals surface area contributed by atoms with Crippen LogP contribution in [0.1, 0.15) is 0 Å². The average molecular weight is 348 g/mol. The molecule has 0 radical (unpaired) electrons. The Bertz CT molecular complexity index is 774. The van der Waals surface area contributed by atoms with Crippen LogP contribution < -0.4 is 4.90 Å². The molecule has 2 bridgehead atoms. The van der Waals surface area contributed by atoms with E-state index >= 15 is 0 Å². The first-order valence-electron chi connectivity index (χ1n) is 7.86. The Labute approximate surface area is 142 Å². The molecule has 24 heavy (non-hydrogen) atoms. The number of nitrogens with zero attached hydrogens (tertiary/aromatic N) is 1. The number of anilines is 1. The van der Waals surface area contributed by atoms with Gasteiger partial charge >= 0.3 is 0 Å². The van der Waals surface area contributed by atoms with Crippen LogP contribution in [0.4, 0.5) is 5.69 Å². The Hall–Kier alpha value is -1.73. The number of amides is 2. The fourth-order valence-electron chi connectivity index (χ4n) is 4.20. The molecule has 7 heteroatoms. The van der Waals surface area contributed by atoms with E-state index in [1.165, 1.54) is 4.90 Å². The van der Waals surface area contributed by atoms with Crippen molar-refractivity contribution in [1.29, 1.82) is 0 Å². The number of ether oxygens (including phenoxy) is 3. The molecule has 0 saturated carbocycles. The van der Waals surface area contributed by atoms with Crippen LogP contribution in [0, 0.1) is 11.8 Å². The first-order chi connectivity index (χ1) is 11.6. The lowest BCUT2D eigenvalue weighted by molar-refractivity contribution is -0.180. The van der Waals surface area contributed by atoms with Crippen molar-refractivity contribution in [3.63, 3.8) is 0 Å². The SMILES string of the molecule is O=C1[C@@H]2[C@@H](C(=O)N1c1ccccc1Cl)[C@@]1(C3OCCO3)C=C[C@H]2O1. The van der Waals surface area contributed by atoms with Crippen molar-refractivity contribution >= 4 is 29.1 Å². The maximum absolute atomic E-state index is 13.1. The average Bonchev–Trinajstić information content (AvgIpc) is 3.33. The largest absolute Gasteiger partial charge is 0.357 e. The highest BCUT2D eigenvalue weighted by Crippen LogP contribution is 2.55. The molecule has 4 aliphatic rings. The summed E-state index contributed by atoms with van der Waals surface area (Å²) in [6, 6.07) is 6.84. The molecule has 3 saturated heterocycles. The standard InChI is InChI=1S/C17H14ClNO5/c18-9-3-1-2-4-10(9)19-14(20)12-11-5-6-17(24-11,13(12)15(19)21)16-22-7-8-23-16/h1-6,11-13,16H,7-8H2/t11-,12+,13+,17-/m1/s1. The first-order valence-corrected chi connectivity index (χ1v) is 8.24. The van der Waals surface area contributed by atoms with Gasteiger partial charge < -0.3 is 14.2 Å². The number of hydrogen-bond donors (Lipinski definition) is 0. The van der Waals surface area contributed by atoms with Crippen LogP contribution in [-0.2, 0) is 23.8 Å². The van der Waals surface area contributed by atoms with Crippen LogP contribution in [0.15, 0.2) is 36.4 Å². The summed E-state index contributed by atoms with van der Waals surface area (Å²) in [4.78, 5) is 27.3. The van der Waals surface area contributed by atoms with E-state index in [0.717, 1.165) is 0 Å². The molecular weight excluding hydrogens is 334 g/mol. The predicted molar refractivity (Wildman–Crippen MR) is 83.4 cm³/mol. The first kappa shape index (κ1) is 14.6. The molecule has 4 atom stereocenters. The van der Waals surface area contributed by atoms with Crippen molar-refractivity contribution in [1.82, 2.24) is 0 Å². The van der Waals surface area contributed by atoms with Gasteiger partial charge in [0.25, 0.3) is 0 Å². The highest BCUT2D eigenvalue weighted by atomic mass is 35.5. The van der Waals surface area contributed by atoms with E-state index in [1.807, 2.05) is 12.2 Å². The molecule has 1 aromatic carbocycles. The molecule has 0 spiro atoms. The molecule has 6 nitrogen and oxygen atoms in total. The molecule has 0 unspecified atom stereocenters. The maximum Gasteiger partial charge on any atom is 0.241 e. The maximum atomic E-state index is 13.1. The molecule has 5 rings (SSSR count). The Balaban J connectivity index is 1.59. The number of para-hydroxylation sites is 1. The molecule has 0 aliphatic carbocycles. The van der Waals surface area contributed by atoms with Crippen molar-refractivity contribution in [2.45, 2.75) is 18.0 Å². The number of fused-ring (bicyclic) bond motifs is 5. The van der Waals surface area contributed by atoms with Gasteiger partial charge in [0, 0.05) is 0 Å². The lowest BCUT2D eigenvalue weighted by Crippen LogP contribution is -2.49. The summed E-state index contributed by atoms with van der Waals surface area (Å²) in [7, 11) is 0. The fraction of sp³-hybridized carbons (Fsp3) is 0.412. The van der Waals surface area contributed by atoms with Crippen LogP contribution in [0.5, 0.6) is 0 Å². The Kier molecular flexibility index (Phi) is 2.98. The van der Waals surface area contributed by atoms with Crippen molar-refractivity contribution in [2.75, 3.05) is 18.1 Å². The summed E-state index contributed by atoms with van der Waals surface area (Å²) in [5, 5.41) is 0.364. The number of hydrogen-bond acceptors (Lipinski definition) is 5. The summed E-state index contributed by atoms with van der Waals surface area (Å²) < 4.78 is 17.2. The van der Waals surface area contributed by atoms with Gasteiger partial charge in [0.15, 0.2) is 11.9 Å². The lowest BCUT2D eigenvalue weighted by atomic mass is 9.76. The van der Waals surface area contributed by atoms with Crippen LogP contribution in [-0.4, -0.2) is 43.0 Å². The van der Waals surface area contributed by atoms with Crippen molar-refractivity contribution in [3.05, 3.63) is 41.4 Å². The van der Waals surface area contributed by atoms with Gasteiger partial charge in [0.05, 0.1) is 41.9 Å². The van der Waals surface area contributed by atoms with Crippen LogP contribution in [0.2, 0.25) is 5.02 Å². The van der Waals surface area contributed by atoms with Crippen LogP contribution in [0.3, 0.4) is 0 Å². The fourth-order valence-corrected chi connectivity index (χ4v) is 4.42. The summed E-state index contributed by atoms with van der Waals surface area (Å²) in [6.45, 7) is 0.893. The van der Waals surface area contributed by atoms with Crippen LogP contribution in [0.25, 0.3) is 0 Å².